The van der Waals surface area contributed by atoms with Gasteiger partial charge in [-0.15, -0.1) is 11.3 Å². The van der Waals surface area contributed by atoms with Crippen LogP contribution in [0, 0.1) is 6.92 Å². The van der Waals surface area contributed by atoms with Crippen molar-refractivity contribution in [2.45, 2.75) is 17.7 Å². The maximum Gasteiger partial charge on any atom is 0.306 e. The van der Waals surface area contributed by atoms with E-state index in [0.29, 0.717) is 0 Å². The monoisotopic (exact) mass is 346 g/mol. The number of benzene rings is 1. The summed E-state index contributed by atoms with van der Waals surface area (Å²) >= 11 is 4.53. The molecule has 0 aliphatic heterocycles. The van der Waals surface area contributed by atoms with Crippen LogP contribution in [0.5, 0.6) is 0 Å². The molecule has 0 atom stereocenters. The van der Waals surface area contributed by atoms with Gasteiger partial charge in [0.25, 0.3) is 0 Å². The Morgan fingerprint density at radius 2 is 1.83 bits per heavy atom. The van der Waals surface area contributed by atoms with Gasteiger partial charge >= 0.3 is 10.1 Å². The molecule has 0 radical (unpaired) electrons. The molecule has 96 valence electrons. The topological polar surface area (TPSA) is 43.4 Å². The summed E-state index contributed by atoms with van der Waals surface area (Å²) in [6.45, 7) is 1.91. The molecule has 0 amide bonds. The van der Waals surface area contributed by atoms with E-state index in [-0.39, 0.29) is 10.8 Å². The van der Waals surface area contributed by atoms with Gasteiger partial charge in [-0.2, -0.15) is 8.42 Å². The van der Waals surface area contributed by atoms with E-state index < -0.39 is 10.1 Å². The van der Waals surface area contributed by atoms with E-state index in [0.717, 1.165) is 14.9 Å². The minimum absolute atomic E-state index is 0.0482. The zero-order valence-corrected chi connectivity index (χ0v) is 12.8. The molecule has 6 heteroatoms. The summed E-state index contributed by atoms with van der Waals surface area (Å²) in [5.41, 5.74) is 0.815. The highest BCUT2D eigenvalue weighted by Crippen LogP contribution is 2.23. The lowest BCUT2D eigenvalue weighted by Gasteiger charge is -2.03. The van der Waals surface area contributed by atoms with Crippen molar-refractivity contribution in [1.29, 1.82) is 0 Å². The summed E-state index contributed by atoms with van der Waals surface area (Å²) in [5.74, 6) is 0. The van der Waals surface area contributed by atoms with Gasteiger partial charge in [0, 0.05) is 9.35 Å². The van der Waals surface area contributed by atoms with Crippen molar-refractivity contribution in [3.8, 4) is 0 Å². The fraction of sp³-hybridized carbons (Fsp3) is 0.167. The molecule has 0 fully saturated rings. The van der Waals surface area contributed by atoms with Crippen molar-refractivity contribution in [1.82, 2.24) is 0 Å². The Morgan fingerprint density at radius 1 is 1.17 bits per heavy atom. The van der Waals surface area contributed by atoms with E-state index in [1.54, 1.807) is 12.1 Å². The Kier molecular flexibility index (Phi) is 4.21. The summed E-state index contributed by atoms with van der Waals surface area (Å²) in [6.07, 6.45) is 0. The van der Waals surface area contributed by atoms with Crippen LogP contribution < -0.4 is 0 Å². The third-order valence-corrected chi connectivity index (χ3v) is 5.50. The summed E-state index contributed by atoms with van der Waals surface area (Å²) in [6, 6.07) is 10.7. The zero-order chi connectivity index (χ0) is 13.2. The first-order valence-corrected chi connectivity index (χ1v) is 8.19. The second-order valence-electron chi connectivity index (χ2n) is 3.71. The lowest BCUT2D eigenvalue weighted by atomic mass is 10.2. The van der Waals surface area contributed by atoms with E-state index in [4.69, 9.17) is 4.18 Å². The molecule has 18 heavy (non-hydrogen) atoms. The molecule has 1 heterocycles. The fourth-order valence-electron chi connectivity index (χ4n) is 1.33. The quantitative estimate of drug-likeness (QED) is 0.792. The van der Waals surface area contributed by atoms with Gasteiger partial charge in [-0.3, -0.25) is 4.18 Å². The van der Waals surface area contributed by atoms with Crippen LogP contribution in [0.1, 0.15) is 10.4 Å². The third kappa shape index (κ3) is 3.41. The molecule has 0 N–H and O–H groups in total. The van der Waals surface area contributed by atoms with E-state index in [1.807, 2.05) is 31.2 Å². The van der Waals surface area contributed by atoms with Crippen LogP contribution in [-0.2, 0) is 20.9 Å². The summed E-state index contributed by atoms with van der Waals surface area (Å²) < 4.78 is 29.9. The lowest BCUT2D eigenvalue weighted by Crippen LogP contribution is -2.04. The number of rotatable bonds is 4. The van der Waals surface area contributed by atoms with Crippen LogP contribution in [0.25, 0.3) is 0 Å². The molecular weight excluding hydrogens is 336 g/mol. The Hall–Kier alpha value is -0.690. The van der Waals surface area contributed by atoms with E-state index in [9.17, 15) is 8.42 Å². The predicted octanol–water partition coefficient (Wildman–Crippen LogP) is 3.72. The van der Waals surface area contributed by atoms with Crippen molar-refractivity contribution in [3.05, 3.63) is 51.3 Å². The molecule has 0 spiro atoms. The van der Waals surface area contributed by atoms with E-state index >= 15 is 0 Å². The van der Waals surface area contributed by atoms with Gasteiger partial charge < -0.3 is 0 Å². The normalized spacial score (nSPS) is 11.7. The van der Waals surface area contributed by atoms with Gasteiger partial charge in [0.1, 0.15) is 4.21 Å². The molecule has 0 saturated heterocycles. The Labute approximate surface area is 119 Å². The largest absolute Gasteiger partial charge is 0.306 e. The van der Waals surface area contributed by atoms with Crippen LogP contribution in [0.15, 0.2) is 45.1 Å². The Morgan fingerprint density at radius 3 is 2.39 bits per heavy atom. The van der Waals surface area contributed by atoms with Crippen LogP contribution in [0.4, 0.5) is 0 Å². The second-order valence-corrected chi connectivity index (χ2v) is 7.75. The zero-order valence-electron chi connectivity index (χ0n) is 9.59. The van der Waals surface area contributed by atoms with Gasteiger partial charge in [-0.05, 0) is 36.8 Å². The van der Waals surface area contributed by atoms with Crippen LogP contribution >= 0.6 is 27.3 Å². The van der Waals surface area contributed by atoms with Gasteiger partial charge in [0.2, 0.25) is 0 Å². The first-order valence-electron chi connectivity index (χ1n) is 5.18. The molecular formula is C12H11BrO3S2. The minimum Gasteiger partial charge on any atom is -0.261 e. The first kappa shape index (κ1) is 13.7. The van der Waals surface area contributed by atoms with Crippen LogP contribution in [0.2, 0.25) is 0 Å². The molecule has 2 aromatic rings. The third-order valence-electron chi connectivity index (χ3n) is 2.26. The number of halogens is 1. The number of hydrogen-bond donors (Lipinski definition) is 0. The molecule has 3 nitrogen and oxygen atoms in total. The summed E-state index contributed by atoms with van der Waals surface area (Å²) in [7, 11) is -3.64. The summed E-state index contributed by atoms with van der Waals surface area (Å²) in [4.78, 5) is 0.945. The maximum atomic E-state index is 11.9. The molecule has 0 aliphatic rings. The molecule has 1 aromatic carbocycles. The van der Waals surface area contributed by atoms with Crippen LogP contribution in [-0.4, -0.2) is 8.42 Å². The van der Waals surface area contributed by atoms with E-state index in [2.05, 4.69) is 15.9 Å². The van der Waals surface area contributed by atoms with Crippen molar-refractivity contribution in [3.63, 3.8) is 0 Å². The van der Waals surface area contributed by atoms with E-state index in [1.165, 1.54) is 11.3 Å². The van der Waals surface area contributed by atoms with Crippen molar-refractivity contribution < 1.29 is 12.6 Å². The smallest absolute Gasteiger partial charge is 0.261 e. The molecule has 0 saturated carbocycles. The molecule has 1 aromatic heterocycles. The van der Waals surface area contributed by atoms with Crippen molar-refractivity contribution in [2.24, 2.45) is 0 Å². The van der Waals surface area contributed by atoms with Gasteiger partial charge in [-0.25, -0.2) is 0 Å². The Bertz CT molecular complexity index is 630. The average molecular weight is 347 g/mol. The Balaban J connectivity index is 2.08. The molecule has 2 rings (SSSR count). The van der Waals surface area contributed by atoms with Gasteiger partial charge in [0.15, 0.2) is 0 Å². The SMILES string of the molecule is Cc1ccc(S(=O)(=O)OCc2ccc(Br)cc2)s1. The number of thiophene rings is 1. The number of hydrogen-bond acceptors (Lipinski definition) is 4. The first-order chi connectivity index (χ1) is 8.47. The van der Waals surface area contributed by atoms with Gasteiger partial charge in [0.05, 0.1) is 6.61 Å². The van der Waals surface area contributed by atoms with Gasteiger partial charge in [-0.1, -0.05) is 28.1 Å². The highest BCUT2D eigenvalue weighted by atomic mass is 79.9. The highest BCUT2D eigenvalue weighted by Gasteiger charge is 2.17. The molecule has 0 aliphatic carbocycles. The fourth-order valence-corrected chi connectivity index (χ4v) is 3.77. The van der Waals surface area contributed by atoms with Crippen LogP contribution in [0.3, 0.4) is 0 Å². The second kappa shape index (κ2) is 5.52. The van der Waals surface area contributed by atoms with Crippen molar-refractivity contribution in [2.75, 3.05) is 0 Å². The molecule has 0 bridgehead atoms. The summed E-state index contributed by atoms with van der Waals surface area (Å²) in [5, 5.41) is 0. The average Bonchev–Trinajstić information content (AvgIpc) is 2.76. The predicted molar refractivity (Wildman–Crippen MR) is 75.2 cm³/mol. The molecule has 0 unspecified atom stereocenters. The number of aryl methyl sites for hydroxylation is 1. The lowest BCUT2D eigenvalue weighted by molar-refractivity contribution is 0.309. The maximum absolute atomic E-state index is 11.9. The minimum atomic E-state index is -3.64. The highest BCUT2D eigenvalue weighted by molar-refractivity contribution is 9.10. The van der Waals surface area contributed by atoms with Crippen molar-refractivity contribution >= 4 is 37.4 Å². The standard InChI is InChI=1S/C12H11BrO3S2/c1-9-2-7-12(17-9)18(14,15)16-8-10-3-5-11(13)6-4-10/h2-7H,8H2,1H3.